The zero-order valence-electron chi connectivity index (χ0n) is 9.22. The van der Waals surface area contributed by atoms with E-state index in [0.717, 1.165) is 6.42 Å². The Morgan fingerprint density at radius 2 is 2.38 bits per heavy atom. The van der Waals surface area contributed by atoms with Gasteiger partial charge in [0.1, 0.15) is 0 Å². The average molecular weight is 228 g/mol. The second-order valence-electron chi connectivity index (χ2n) is 3.30. The largest absolute Gasteiger partial charge is 0.476 e. The van der Waals surface area contributed by atoms with Crippen LogP contribution in [0.25, 0.3) is 0 Å². The molecule has 0 spiro atoms. The van der Waals surface area contributed by atoms with E-state index in [1.54, 1.807) is 11.8 Å². The minimum absolute atomic E-state index is 0.00549. The molecule has 0 unspecified atom stereocenters. The number of hydrogen-bond acceptors (Lipinski definition) is 5. The zero-order valence-corrected chi connectivity index (χ0v) is 9.22. The fourth-order valence-corrected chi connectivity index (χ4v) is 1.37. The quantitative estimate of drug-likeness (QED) is 0.653. The number of nitrogens with zero attached hydrogens (tertiary/aromatic N) is 3. The number of aromatic carboxylic acids is 1. The topological polar surface area (TPSA) is 103 Å². The molecule has 0 aromatic carbocycles. The number of carboxylic acid groups (broad SMARTS) is 1. The third-order valence-electron chi connectivity index (χ3n) is 2.16. The van der Waals surface area contributed by atoms with Crippen LogP contribution in [0.4, 0.5) is 0 Å². The lowest BCUT2D eigenvalue weighted by Crippen LogP contribution is -2.13. The molecule has 3 N–H and O–H groups in total. The van der Waals surface area contributed by atoms with Gasteiger partial charge in [0.2, 0.25) is 0 Å². The minimum atomic E-state index is -1.06. The maximum atomic E-state index is 10.9. The third kappa shape index (κ3) is 3.01. The lowest BCUT2D eigenvalue weighted by Gasteiger charge is -2.05. The molecule has 0 aliphatic carbocycles. The molecule has 0 bridgehead atoms. The highest BCUT2D eigenvalue weighted by Crippen LogP contribution is 2.07. The molecular weight excluding hydrogens is 212 g/mol. The molecule has 7 heteroatoms. The first-order valence-corrected chi connectivity index (χ1v) is 5.05. The van der Waals surface area contributed by atoms with Gasteiger partial charge in [-0.2, -0.15) is 0 Å². The number of carboxylic acids is 1. The molecule has 0 radical (unpaired) electrons. The van der Waals surface area contributed by atoms with Crippen LogP contribution in [0.1, 0.15) is 22.6 Å². The van der Waals surface area contributed by atoms with Gasteiger partial charge < -0.3 is 15.6 Å². The molecule has 1 rings (SSSR count). The molecular formula is C9H16N4O3. The summed E-state index contributed by atoms with van der Waals surface area (Å²) in [7, 11) is 1.56. The Morgan fingerprint density at radius 3 is 2.94 bits per heavy atom. The Morgan fingerprint density at radius 1 is 1.62 bits per heavy atom. The van der Waals surface area contributed by atoms with Gasteiger partial charge in [-0.25, -0.2) is 9.48 Å². The van der Waals surface area contributed by atoms with Gasteiger partial charge in [-0.05, 0) is 13.0 Å². The van der Waals surface area contributed by atoms with Gasteiger partial charge in [-0.3, -0.25) is 0 Å². The van der Waals surface area contributed by atoms with Crippen molar-refractivity contribution in [3.63, 3.8) is 0 Å². The molecule has 7 nitrogen and oxygen atoms in total. The molecule has 0 fully saturated rings. The normalized spacial score (nSPS) is 10.6. The maximum absolute atomic E-state index is 10.9. The molecule has 0 aliphatic heterocycles. The molecule has 0 saturated carbocycles. The number of nitrogens with two attached hydrogens (primary N) is 1. The smallest absolute Gasteiger partial charge is 0.358 e. The lowest BCUT2D eigenvalue weighted by atomic mass is 10.2. The van der Waals surface area contributed by atoms with E-state index in [9.17, 15) is 4.79 Å². The lowest BCUT2D eigenvalue weighted by molar-refractivity contribution is 0.0688. The van der Waals surface area contributed by atoms with Gasteiger partial charge in [0.25, 0.3) is 0 Å². The summed E-state index contributed by atoms with van der Waals surface area (Å²) in [6, 6.07) is 0. The number of hydrogen-bond donors (Lipinski definition) is 2. The van der Waals surface area contributed by atoms with E-state index in [4.69, 9.17) is 15.6 Å². The number of rotatable bonds is 7. The van der Waals surface area contributed by atoms with Gasteiger partial charge >= 0.3 is 5.97 Å². The predicted octanol–water partition coefficient (Wildman–Crippen LogP) is -0.486. The molecule has 1 aromatic heterocycles. The van der Waals surface area contributed by atoms with Crippen LogP contribution in [0.15, 0.2) is 0 Å². The molecule has 0 aliphatic rings. The van der Waals surface area contributed by atoms with Crippen LogP contribution in [-0.2, 0) is 17.7 Å². The first-order valence-electron chi connectivity index (χ1n) is 5.05. The molecule has 1 aromatic rings. The van der Waals surface area contributed by atoms with Gasteiger partial charge in [0.15, 0.2) is 5.69 Å². The number of aromatic nitrogens is 3. The summed E-state index contributed by atoms with van der Waals surface area (Å²) in [5.74, 6) is -1.06. The highest BCUT2D eigenvalue weighted by Gasteiger charge is 2.18. The Balaban J connectivity index is 2.85. The fraction of sp³-hybridized carbons (Fsp3) is 0.667. The van der Waals surface area contributed by atoms with Crippen molar-refractivity contribution in [2.75, 3.05) is 20.3 Å². The summed E-state index contributed by atoms with van der Waals surface area (Å²) in [6.45, 7) is 1.55. The Hall–Kier alpha value is -1.47. The molecule has 16 heavy (non-hydrogen) atoms. The van der Waals surface area contributed by atoms with E-state index in [0.29, 0.717) is 31.8 Å². The number of aryl methyl sites for hydroxylation is 1. The van der Waals surface area contributed by atoms with Crippen LogP contribution in [-0.4, -0.2) is 46.3 Å². The summed E-state index contributed by atoms with van der Waals surface area (Å²) in [6.07, 6.45) is 1.22. The van der Waals surface area contributed by atoms with Crippen molar-refractivity contribution in [2.24, 2.45) is 5.73 Å². The summed E-state index contributed by atoms with van der Waals surface area (Å²) >= 11 is 0. The zero-order chi connectivity index (χ0) is 12.0. The van der Waals surface area contributed by atoms with Gasteiger partial charge in [0.05, 0.1) is 12.3 Å². The van der Waals surface area contributed by atoms with Crippen LogP contribution in [0.3, 0.4) is 0 Å². The predicted molar refractivity (Wildman–Crippen MR) is 56.2 cm³/mol. The van der Waals surface area contributed by atoms with Crippen molar-refractivity contribution in [3.05, 3.63) is 11.4 Å². The van der Waals surface area contributed by atoms with Crippen molar-refractivity contribution in [3.8, 4) is 0 Å². The van der Waals surface area contributed by atoms with E-state index in [1.165, 1.54) is 0 Å². The maximum Gasteiger partial charge on any atom is 0.358 e. The van der Waals surface area contributed by atoms with Gasteiger partial charge in [-0.15, -0.1) is 5.10 Å². The number of methoxy groups -OCH3 is 1. The second kappa shape index (κ2) is 6.19. The summed E-state index contributed by atoms with van der Waals surface area (Å²) < 4.78 is 6.50. The summed E-state index contributed by atoms with van der Waals surface area (Å²) in [5, 5.41) is 16.4. The Kier molecular flexibility index (Phi) is 4.87. The molecule has 0 saturated heterocycles. The minimum Gasteiger partial charge on any atom is -0.476 e. The average Bonchev–Trinajstić information content (AvgIpc) is 2.66. The monoisotopic (exact) mass is 228 g/mol. The van der Waals surface area contributed by atoms with Crippen molar-refractivity contribution in [1.29, 1.82) is 0 Å². The van der Waals surface area contributed by atoms with E-state index >= 15 is 0 Å². The molecule has 0 atom stereocenters. The highest BCUT2D eigenvalue weighted by atomic mass is 16.5. The van der Waals surface area contributed by atoms with Crippen molar-refractivity contribution in [2.45, 2.75) is 19.4 Å². The number of ether oxygens (including phenoxy) is 1. The van der Waals surface area contributed by atoms with Crippen molar-refractivity contribution < 1.29 is 14.6 Å². The second-order valence-corrected chi connectivity index (χ2v) is 3.30. The van der Waals surface area contributed by atoms with E-state index in [2.05, 4.69) is 10.3 Å². The van der Waals surface area contributed by atoms with E-state index in [1.807, 2.05) is 0 Å². The van der Waals surface area contributed by atoms with Gasteiger partial charge in [0, 0.05) is 20.1 Å². The Bertz CT molecular complexity index is 351. The molecule has 90 valence electrons. The first kappa shape index (κ1) is 12.6. The summed E-state index contributed by atoms with van der Waals surface area (Å²) in [4.78, 5) is 10.9. The Labute approximate surface area is 93.2 Å². The molecule has 1 heterocycles. The van der Waals surface area contributed by atoms with Crippen LogP contribution in [0.2, 0.25) is 0 Å². The third-order valence-corrected chi connectivity index (χ3v) is 2.16. The van der Waals surface area contributed by atoms with Crippen LogP contribution in [0, 0.1) is 0 Å². The van der Waals surface area contributed by atoms with E-state index < -0.39 is 5.97 Å². The van der Waals surface area contributed by atoms with Crippen molar-refractivity contribution >= 4 is 5.97 Å². The highest BCUT2D eigenvalue weighted by molar-refractivity contribution is 5.86. The molecule has 0 amide bonds. The fourth-order valence-electron chi connectivity index (χ4n) is 1.37. The van der Waals surface area contributed by atoms with Crippen LogP contribution < -0.4 is 5.73 Å². The van der Waals surface area contributed by atoms with E-state index in [-0.39, 0.29) is 5.69 Å². The van der Waals surface area contributed by atoms with Crippen LogP contribution >= 0.6 is 0 Å². The SMILES string of the molecule is COCCc1c(C(=O)O)nnn1CCCN. The standard InChI is InChI=1S/C9H16N4O3/c1-16-6-3-7-8(9(14)15)11-12-13(7)5-2-4-10/h2-6,10H2,1H3,(H,14,15). The first-order chi connectivity index (χ1) is 7.70. The van der Waals surface area contributed by atoms with Gasteiger partial charge in [-0.1, -0.05) is 5.21 Å². The van der Waals surface area contributed by atoms with Crippen molar-refractivity contribution in [1.82, 2.24) is 15.0 Å². The number of carbonyl (C=O) groups is 1. The van der Waals surface area contributed by atoms with Crippen LogP contribution in [0.5, 0.6) is 0 Å². The summed E-state index contributed by atoms with van der Waals surface area (Å²) in [5.41, 5.74) is 5.97.